The van der Waals surface area contributed by atoms with Crippen LogP contribution in [0.5, 0.6) is 0 Å². The van der Waals surface area contributed by atoms with Gasteiger partial charge in [0.2, 0.25) is 0 Å². The van der Waals surface area contributed by atoms with Gasteiger partial charge in [-0.15, -0.1) is 11.3 Å². The maximum absolute atomic E-state index is 13.2. The molecule has 5 rings (SSSR count). The third-order valence-corrected chi connectivity index (χ3v) is 6.18. The number of rotatable bonds is 3. The maximum atomic E-state index is 13.2. The van der Waals surface area contributed by atoms with Gasteiger partial charge in [-0.05, 0) is 36.4 Å². The van der Waals surface area contributed by atoms with Crippen LogP contribution in [0, 0.1) is 5.82 Å². The van der Waals surface area contributed by atoms with Crippen molar-refractivity contribution in [2.24, 2.45) is 0 Å². The van der Waals surface area contributed by atoms with Gasteiger partial charge in [0.05, 0.1) is 15.9 Å². The van der Waals surface area contributed by atoms with Crippen LogP contribution in [0.1, 0.15) is 9.80 Å². The molecule has 4 aromatic rings. The minimum absolute atomic E-state index is 0.0226. The van der Waals surface area contributed by atoms with Gasteiger partial charge in [0.15, 0.2) is 5.01 Å². The molecule has 0 aliphatic carbocycles. The molecule has 0 radical (unpaired) electrons. The van der Waals surface area contributed by atoms with Crippen molar-refractivity contribution in [3.8, 4) is 11.3 Å². The van der Waals surface area contributed by atoms with Crippen LogP contribution in [0.15, 0.2) is 60.9 Å². The Morgan fingerprint density at radius 2 is 1.73 bits per heavy atom. The van der Waals surface area contributed by atoms with Gasteiger partial charge in [0, 0.05) is 37.8 Å². The highest BCUT2D eigenvalue weighted by Crippen LogP contribution is 2.25. The minimum Gasteiger partial charge on any atom is -0.353 e. The SMILES string of the molecule is O=C(c1nc2ccccc2s1)N1CCN(c2cc(-c3ccc(F)cc3)ncn2)CC1. The number of aromatic nitrogens is 3. The van der Waals surface area contributed by atoms with Crippen molar-refractivity contribution in [2.45, 2.75) is 0 Å². The molecule has 0 atom stereocenters. The molecule has 0 saturated carbocycles. The number of hydrogen-bond acceptors (Lipinski definition) is 6. The lowest BCUT2D eigenvalue weighted by atomic mass is 10.1. The predicted octanol–water partition coefficient (Wildman–Crippen LogP) is 3.85. The lowest BCUT2D eigenvalue weighted by molar-refractivity contribution is 0.0746. The summed E-state index contributed by atoms with van der Waals surface area (Å²) in [5, 5.41) is 0.533. The Hall–Kier alpha value is -3.39. The highest BCUT2D eigenvalue weighted by molar-refractivity contribution is 7.20. The summed E-state index contributed by atoms with van der Waals surface area (Å²) in [6.07, 6.45) is 1.52. The van der Waals surface area contributed by atoms with Crippen molar-refractivity contribution in [1.29, 1.82) is 0 Å². The molecule has 1 aliphatic heterocycles. The molecule has 1 saturated heterocycles. The number of carbonyl (C=O) groups excluding carboxylic acids is 1. The zero-order valence-electron chi connectivity index (χ0n) is 16.0. The van der Waals surface area contributed by atoms with Crippen LogP contribution in [-0.2, 0) is 0 Å². The van der Waals surface area contributed by atoms with Crippen LogP contribution in [0.4, 0.5) is 10.2 Å². The van der Waals surface area contributed by atoms with E-state index in [1.165, 1.54) is 29.8 Å². The van der Waals surface area contributed by atoms with Crippen LogP contribution in [0.3, 0.4) is 0 Å². The van der Waals surface area contributed by atoms with Gasteiger partial charge in [-0.25, -0.2) is 19.3 Å². The first-order valence-electron chi connectivity index (χ1n) is 9.65. The Kier molecular flexibility index (Phi) is 4.84. The molecule has 30 heavy (non-hydrogen) atoms. The van der Waals surface area contributed by atoms with E-state index in [2.05, 4.69) is 19.9 Å². The third-order valence-electron chi connectivity index (χ3n) is 5.16. The largest absolute Gasteiger partial charge is 0.353 e. The Labute approximate surface area is 176 Å². The summed E-state index contributed by atoms with van der Waals surface area (Å²) in [6.45, 7) is 2.56. The summed E-state index contributed by atoms with van der Waals surface area (Å²) in [5.41, 5.74) is 2.44. The van der Waals surface area contributed by atoms with Gasteiger partial charge in [0.25, 0.3) is 5.91 Å². The van der Waals surface area contributed by atoms with Crippen LogP contribution < -0.4 is 4.90 Å². The zero-order valence-corrected chi connectivity index (χ0v) is 16.8. The summed E-state index contributed by atoms with van der Waals surface area (Å²) in [5.74, 6) is 0.504. The molecular weight excluding hydrogens is 401 g/mol. The van der Waals surface area contributed by atoms with Crippen LogP contribution >= 0.6 is 11.3 Å². The lowest BCUT2D eigenvalue weighted by Crippen LogP contribution is -2.49. The second-order valence-electron chi connectivity index (χ2n) is 7.03. The average Bonchev–Trinajstić information content (AvgIpc) is 3.24. The van der Waals surface area contributed by atoms with Crippen molar-refractivity contribution < 1.29 is 9.18 Å². The van der Waals surface area contributed by atoms with E-state index in [9.17, 15) is 9.18 Å². The molecular formula is C22H18FN5OS. The molecule has 3 heterocycles. The molecule has 8 heteroatoms. The molecule has 2 aromatic heterocycles. The summed E-state index contributed by atoms with van der Waals surface area (Å²) >= 11 is 1.43. The van der Waals surface area contributed by atoms with Gasteiger partial charge in [-0.3, -0.25) is 4.79 Å². The number of carbonyl (C=O) groups is 1. The second kappa shape index (κ2) is 7.79. The third kappa shape index (κ3) is 3.61. The van der Waals surface area contributed by atoms with Crippen LogP contribution in [0.2, 0.25) is 0 Å². The van der Waals surface area contributed by atoms with Crippen molar-refractivity contribution in [1.82, 2.24) is 19.9 Å². The highest BCUT2D eigenvalue weighted by atomic mass is 32.1. The van der Waals surface area contributed by atoms with Crippen LogP contribution in [-0.4, -0.2) is 51.9 Å². The van der Waals surface area contributed by atoms with E-state index < -0.39 is 0 Å². The molecule has 0 unspecified atom stereocenters. The fourth-order valence-corrected chi connectivity index (χ4v) is 4.47. The first kappa shape index (κ1) is 18.6. The van der Waals surface area contributed by atoms with E-state index in [-0.39, 0.29) is 11.7 Å². The normalized spacial score (nSPS) is 14.3. The number of thiazole rings is 1. The molecule has 150 valence electrons. The number of fused-ring (bicyclic) bond motifs is 1. The summed E-state index contributed by atoms with van der Waals surface area (Å²) in [6, 6.07) is 15.9. The molecule has 2 aromatic carbocycles. The Balaban J connectivity index is 1.28. The fraction of sp³-hybridized carbons (Fsp3) is 0.182. The highest BCUT2D eigenvalue weighted by Gasteiger charge is 2.25. The molecule has 1 fully saturated rings. The van der Waals surface area contributed by atoms with Crippen molar-refractivity contribution in [2.75, 3.05) is 31.1 Å². The summed E-state index contributed by atoms with van der Waals surface area (Å²) < 4.78 is 14.2. The molecule has 0 spiro atoms. The van der Waals surface area contributed by atoms with Gasteiger partial charge in [0.1, 0.15) is 18.0 Å². The Morgan fingerprint density at radius 1 is 0.967 bits per heavy atom. The number of benzene rings is 2. The topological polar surface area (TPSA) is 62.2 Å². The molecule has 0 bridgehead atoms. The molecule has 0 N–H and O–H groups in total. The van der Waals surface area contributed by atoms with E-state index >= 15 is 0 Å². The van der Waals surface area contributed by atoms with Crippen molar-refractivity contribution in [3.05, 3.63) is 71.7 Å². The lowest BCUT2D eigenvalue weighted by Gasteiger charge is -2.35. The number of halogens is 1. The summed E-state index contributed by atoms with van der Waals surface area (Å²) in [7, 11) is 0. The first-order chi connectivity index (χ1) is 14.7. The number of amides is 1. The van der Waals surface area contributed by atoms with Crippen LogP contribution in [0.25, 0.3) is 21.5 Å². The minimum atomic E-state index is -0.276. The predicted molar refractivity (Wildman–Crippen MR) is 115 cm³/mol. The van der Waals surface area contributed by atoms with Crippen molar-refractivity contribution >= 4 is 33.3 Å². The smallest absolute Gasteiger partial charge is 0.282 e. The second-order valence-corrected chi connectivity index (χ2v) is 8.06. The maximum Gasteiger partial charge on any atom is 0.282 e. The Bertz CT molecular complexity index is 1170. The number of hydrogen-bond donors (Lipinski definition) is 0. The van der Waals surface area contributed by atoms with E-state index in [1.807, 2.05) is 35.2 Å². The van der Waals surface area contributed by atoms with E-state index in [0.717, 1.165) is 27.3 Å². The summed E-state index contributed by atoms with van der Waals surface area (Å²) in [4.78, 5) is 30.0. The fourth-order valence-electron chi connectivity index (χ4n) is 3.54. The van der Waals surface area contributed by atoms with E-state index in [1.54, 1.807) is 12.1 Å². The quantitative estimate of drug-likeness (QED) is 0.505. The Morgan fingerprint density at radius 3 is 2.50 bits per heavy atom. The van der Waals surface area contributed by atoms with Gasteiger partial charge < -0.3 is 9.80 Å². The number of piperazine rings is 1. The van der Waals surface area contributed by atoms with E-state index in [0.29, 0.717) is 31.2 Å². The number of anilines is 1. The number of para-hydroxylation sites is 1. The van der Waals surface area contributed by atoms with Gasteiger partial charge in [-0.2, -0.15) is 0 Å². The standard InChI is InChI=1S/C22H18FN5OS/c23-16-7-5-15(6-8-16)18-13-20(25-14-24-18)27-9-11-28(12-10-27)22(29)21-26-17-3-1-2-4-19(17)30-21/h1-8,13-14H,9-12H2. The zero-order chi connectivity index (χ0) is 20.5. The molecule has 6 nitrogen and oxygen atoms in total. The van der Waals surface area contributed by atoms with Gasteiger partial charge in [-0.1, -0.05) is 12.1 Å². The monoisotopic (exact) mass is 419 g/mol. The van der Waals surface area contributed by atoms with E-state index in [4.69, 9.17) is 0 Å². The van der Waals surface area contributed by atoms with Crippen molar-refractivity contribution in [3.63, 3.8) is 0 Å². The van der Waals surface area contributed by atoms with Gasteiger partial charge >= 0.3 is 0 Å². The average molecular weight is 419 g/mol. The first-order valence-corrected chi connectivity index (χ1v) is 10.5. The number of nitrogens with zero attached hydrogens (tertiary/aromatic N) is 5. The molecule has 1 aliphatic rings. The molecule has 1 amide bonds.